The standard InChI is InChI=1S/C22H23BrFN3O2/c23-18-5-3-4-16(12-18)14-27-15-17(13-21(27)28)22(29)26-10-8-25(9-11-26)20-7-2-1-6-19(20)24/h1-7,12,17H,8-11,13-15H2. The predicted molar refractivity (Wildman–Crippen MR) is 113 cm³/mol. The Bertz CT molecular complexity index is 914. The molecular formula is C22H23BrFN3O2. The van der Waals surface area contributed by atoms with Gasteiger partial charge in [0.2, 0.25) is 11.8 Å². The minimum Gasteiger partial charge on any atom is -0.366 e. The molecule has 5 nitrogen and oxygen atoms in total. The van der Waals surface area contributed by atoms with E-state index in [-0.39, 0.29) is 30.0 Å². The number of hydrogen-bond acceptors (Lipinski definition) is 3. The van der Waals surface area contributed by atoms with Crippen LogP contribution in [-0.2, 0) is 16.1 Å². The van der Waals surface area contributed by atoms with Crippen LogP contribution in [-0.4, -0.2) is 54.3 Å². The van der Waals surface area contributed by atoms with Crippen LogP contribution in [0.5, 0.6) is 0 Å². The molecule has 0 saturated carbocycles. The molecule has 0 aliphatic carbocycles. The maximum absolute atomic E-state index is 14.0. The number of rotatable bonds is 4. The van der Waals surface area contributed by atoms with Gasteiger partial charge in [-0.25, -0.2) is 4.39 Å². The highest BCUT2D eigenvalue weighted by molar-refractivity contribution is 9.10. The Hall–Kier alpha value is -2.41. The Labute approximate surface area is 178 Å². The van der Waals surface area contributed by atoms with Crippen LogP contribution in [0.2, 0.25) is 0 Å². The molecule has 0 spiro atoms. The molecule has 2 aliphatic rings. The number of carbonyl (C=O) groups excluding carboxylic acids is 2. The normalized spacial score (nSPS) is 19.7. The maximum Gasteiger partial charge on any atom is 0.228 e. The van der Waals surface area contributed by atoms with Gasteiger partial charge in [0.05, 0.1) is 11.6 Å². The van der Waals surface area contributed by atoms with E-state index in [0.29, 0.717) is 45.0 Å². The monoisotopic (exact) mass is 459 g/mol. The molecule has 152 valence electrons. The van der Waals surface area contributed by atoms with Crippen LogP contribution in [0, 0.1) is 11.7 Å². The summed E-state index contributed by atoms with van der Waals surface area (Å²) in [7, 11) is 0. The van der Waals surface area contributed by atoms with Crippen molar-refractivity contribution in [1.82, 2.24) is 9.80 Å². The van der Waals surface area contributed by atoms with E-state index in [1.165, 1.54) is 6.07 Å². The molecule has 2 heterocycles. The van der Waals surface area contributed by atoms with Crippen LogP contribution < -0.4 is 4.90 Å². The third-order valence-corrected chi connectivity index (χ3v) is 6.10. The van der Waals surface area contributed by atoms with Crippen molar-refractivity contribution >= 4 is 33.4 Å². The number of carbonyl (C=O) groups is 2. The number of halogens is 2. The fourth-order valence-corrected chi connectivity index (χ4v) is 4.53. The van der Waals surface area contributed by atoms with Crippen molar-refractivity contribution in [3.63, 3.8) is 0 Å². The number of para-hydroxylation sites is 1. The number of benzene rings is 2. The van der Waals surface area contributed by atoms with Crippen molar-refractivity contribution in [1.29, 1.82) is 0 Å². The van der Waals surface area contributed by atoms with Crippen LogP contribution >= 0.6 is 15.9 Å². The highest BCUT2D eigenvalue weighted by Crippen LogP contribution is 2.25. The van der Waals surface area contributed by atoms with E-state index in [2.05, 4.69) is 15.9 Å². The Balaban J connectivity index is 1.33. The van der Waals surface area contributed by atoms with Gasteiger partial charge in [-0.2, -0.15) is 0 Å². The summed E-state index contributed by atoms with van der Waals surface area (Å²) >= 11 is 3.45. The summed E-state index contributed by atoms with van der Waals surface area (Å²) < 4.78 is 15.0. The second-order valence-electron chi connectivity index (χ2n) is 7.57. The molecule has 0 radical (unpaired) electrons. The number of amides is 2. The van der Waals surface area contributed by atoms with Gasteiger partial charge < -0.3 is 14.7 Å². The van der Waals surface area contributed by atoms with Crippen molar-refractivity contribution in [2.45, 2.75) is 13.0 Å². The lowest BCUT2D eigenvalue weighted by atomic mass is 10.1. The molecular weight excluding hydrogens is 437 g/mol. The van der Waals surface area contributed by atoms with Gasteiger partial charge >= 0.3 is 0 Å². The second-order valence-corrected chi connectivity index (χ2v) is 8.48. The molecule has 1 atom stereocenters. The van der Waals surface area contributed by atoms with Crippen LogP contribution in [0.15, 0.2) is 53.0 Å². The van der Waals surface area contributed by atoms with E-state index in [0.717, 1.165) is 10.0 Å². The molecule has 29 heavy (non-hydrogen) atoms. The van der Waals surface area contributed by atoms with Gasteiger partial charge in [0.1, 0.15) is 5.82 Å². The van der Waals surface area contributed by atoms with Crippen molar-refractivity contribution < 1.29 is 14.0 Å². The number of likely N-dealkylation sites (tertiary alicyclic amines) is 1. The average molecular weight is 460 g/mol. The summed E-state index contributed by atoms with van der Waals surface area (Å²) in [6, 6.07) is 14.6. The van der Waals surface area contributed by atoms with Crippen molar-refractivity contribution in [2.75, 3.05) is 37.6 Å². The summed E-state index contributed by atoms with van der Waals surface area (Å²) in [5.74, 6) is -0.483. The van der Waals surface area contributed by atoms with E-state index in [1.54, 1.807) is 17.0 Å². The molecule has 0 aromatic heterocycles. The number of anilines is 1. The molecule has 2 aromatic rings. The fraction of sp³-hybridized carbons (Fsp3) is 0.364. The van der Waals surface area contributed by atoms with E-state index >= 15 is 0 Å². The Morgan fingerprint density at radius 1 is 1.07 bits per heavy atom. The third-order valence-electron chi connectivity index (χ3n) is 5.61. The molecule has 2 aromatic carbocycles. The largest absolute Gasteiger partial charge is 0.366 e. The van der Waals surface area contributed by atoms with E-state index in [4.69, 9.17) is 0 Å². The van der Waals surface area contributed by atoms with Crippen LogP contribution in [0.25, 0.3) is 0 Å². The zero-order valence-corrected chi connectivity index (χ0v) is 17.6. The highest BCUT2D eigenvalue weighted by Gasteiger charge is 2.37. The Morgan fingerprint density at radius 2 is 1.83 bits per heavy atom. The van der Waals surface area contributed by atoms with E-state index in [1.807, 2.05) is 40.1 Å². The molecule has 2 saturated heterocycles. The van der Waals surface area contributed by atoms with Crippen LogP contribution in [0.4, 0.5) is 10.1 Å². The number of hydrogen-bond donors (Lipinski definition) is 0. The minimum atomic E-state index is -0.297. The molecule has 1 unspecified atom stereocenters. The summed E-state index contributed by atoms with van der Waals surface area (Å²) in [6.45, 7) is 3.25. The minimum absolute atomic E-state index is 0.0216. The van der Waals surface area contributed by atoms with Gasteiger partial charge in [-0.1, -0.05) is 40.2 Å². The Kier molecular flexibility index (Phi) is 5.85. The fourth-order valence-electron chi connectivity index (χ4n) is 4.08. The molecule has 2 aliphatic heterocycles. The summed E-state index contributed by atoms with van der Waals surface area (Å²) in [6.07, 6.45) is 0.264. The van der Waals surface area contributed by atoms with Gasteiger partial charge in [-0.05, 0) is 29.8 Å². The predicted octanol–water partition coefficient (Wildman–Crippen LogP) is 3.29. The average Bonchev–Trinajstić information content (AvgIpc) is 3.08. The third kappa shape index (κ3) is 4.45. The molecule has 2 amide bonds. The lowest BCUT2D eigenvalue weighted by Gasteiger charge is -2.37. The smallest absolute Gasteiger partial charge is 0.228 e. The first kappa shape index (κ1) is 19.9. The van der Waals surface area contributed by atoms with Gasteiger partial charge in [-0.15, -0.1) is 0 Å². The van der Waals surface area contributed by atoms with E-state index < -0.39 is 0 Å². The molecule has 2 fully saturated rings. The topological polar surface area (TPSA) is 43.9 Å². The SMILES string of the molecule is O=C1CC(C(=O)N2CCN(c3ccccc3F)CC2)CN1Cc1cccc(Br)c1. The zero-order valence-electron chi connectivity index (χ0n) is 16.1. The summed E-state index contributed by atoms with van der Waals surface area (Å²) in [5.41, 5.74) is 1.62. The van der Waals surface area contributed by atoms with Crippen LogP contribution in [0.1, 0.15) is 12.0 Å². The van der Waals surface area contributed by atoms with Crippen molar-refractivity contribution in [3.05, 3.63) is 64.4 Å². The van der Waals surface area contributed by atoms with Gasteiger partial charge in [0.15, 0.2) is 0 Å². The first-order valence-corrected chi connectivity index (χ1v) is 10.6. The van der Waals surface area contributed by atoms with E-state index in [9.17, 15) is 14.0 Å². The van der Waals surface area contributed by atoms with Crippen molar-refractivity contribution in [3.8, 4) is 0 Å². The number of piperazine rings is 1. The lowest BCUT2D eigenvalue weighted by molar-refractivity contribution is -0.136. The first-order chi connectivity index (χ1) is 14.0. The second kappa shape index (κ2) is 8.53. The molecule has 7 heteroatoms. The zero-order chi connectivity index (χ0) is 20.4. The van der Waals surface area contributed by atoms with Gasteiger partial charge in [0, 0.05) is 50.2 Å². The van der Waals surface area contributed by atoms with Gasteiger partial charge in [0.25, 0.3) is 0 Å². The molecule has 0 N–H and O–H groups in total. The highest BCUT2D eigenvalue weighted by atomic mass is 79.9. The quantitative estimate of drug-likeness (QED) is 0.704. The Morgan fingerprint density at radius 3 is 2.55 bits per heavy atom. The lowest BCUT2D eigenvalue weighted by Crippen LogP contribution is -2.50. The first-order valence-electron chi connectivity index (χ1n) is 9.82. The van der Waals surface area contributed by atoms with Gasteiger partial charge in [-0.3, -0.25) is 9.59 Å². The van der Waals surface area contributed by atoms with Crippen molar-refractivity contribution in [2.24, 2.45) is 5.92 Å². The number of nitrogens with zero attached hydrogens (tertiary/aromatic N) is 3. The molecule has 4 rings (SSSR count). The summed E-state index contributed by atoms with van der Waals surface area (Å²) in [4.78, 5) is 30.9. The van der Waals surface area contributed by atoms with Crippen LogP contribution in [0.3, 0.4) is 0 Å². The molecule has 0 bridgehead atoms. The maximum atomic E-state index is 14.0. The summed E-state index contributed by atoms with van der Waals surface area (Å²) in [5, 5.41) is 0.